The molecule has 0 aromatic heterocycles. The number of nitrogens with zero attached hydrogens (tertiary/aromatic N) is 3. The number of thioether (sulfide) groups is 1. The Morgan fingerprint density at radius 2 is 1.83 bits per heavy atom. The Balaban J connectivity index is 1.71. The molecule has 1 aromatic carbocycles. The minimum absolute atomic E-state index is 0.00909. The summed E-state index contributed by atoms with van der Waals surface area (Å²) in [6.07, 6.45) is 1.49. The summed E-state index contributed by atoms with van der Waals surface area (Å²) >= 11 is 1.82. The molecule has 0 spiro atoms. The molecule has 1 aromatic rings. The molecule has 5 nitrogen and oxygen atoms in total. The van der Waals surface area contributed by atoms with Gasteiger partial charge in [-0.1, -0.05) is 12.1 Å². The molecule has 130 valence electrons. The Morgan fingerprint density at radius 3 is 2.50 bits per heavy atom. The number of likely N-dealkylation sites (tertiary alicyclic amines) is 1. The molecule has 6 heteroatoms. The maximum atomic E-state index is 13.1. The van der Waals surface area contributed by atoms with Gasteiger partial charge in [-0.2, -0.15) is 0 Å². The lowest BCUT2D eigenvalue weighted by Crippen LogP contribution is -2.50. The van der Waals surface area contributed by atoms with E-state index in [-0.39, 0.29) is 23.9 Å². The van der Waals surface area contributed by atoms with Crippen molar-refractivity contribution in [2.75, 3.05) is 37.8 Å². The molecule has 0 saturated carbocycles. The van der Waals surface area contributed by atoms with E-state index in [1.54, 1.807) is 19.0 Å². The van der Waals surface area contributed by atoms with Crippen molar-refractivity contribution in [3.63, 3.8) is 0 Å². The van der Waals surface area contributed by atoms with Gasteiger partial charge < -0.3 is 14.7 Å². The molecule has 0 unspecified atom stereocenters. The molecule has 0 N–H and O–H groups in total. The maximum absolute atomic E-state index is 13.1. The van der Waals surface area contributed by atoms with Crippen molar-refractivity contribution in [1.82, 2.24) is 9.80 Å². The second-order valence-electron chi connectivity index (χ2n) is 6.77. The van der Waals surface area contributed by atoms with E-state index in [0.717, 1.165) is 24.3 Å². The Morgan fingerprint density at radius 1 is 1.17 bits per heavy atom. The normalized spacial score (nSPS) is 21.4. The molecule has 3 rings (SSSR count). The number of rotatable bonds is 1. The molecular formula is C18H25N3O2S. The van der Waals surface area contributed by atoms with E-state index in [1.807, 2.05) is 39.8 Å². The van der Waals surface area contributed by atoms with E-state index in [1.165, 1.54) is 4.90 Å². The number of urea groups is 1. The van der Waals surface area contributed by atoms with Gasteiger partial charge >= 0.3 is 6.03 Å². The fraction of sp³-hybridized carbons (Fsp3) is 0.556. The number of hydrogen-bond acceptors (Lipinski definition) is 3. The first-order valence-electron chi connectivity index (χ1n) is 8.50. The lowest BCUT2D eigenvalue weighted by atomic mass is 9.94. The van der Waals surface area contributed by atoms with Crippen molar-refractivity contribution < 1.29 is 9.59 Å². The number of piperidine rings is 1. The fourth-order valence-electron chi connectivity index (χ4n) is 3.43. The van der Waals surface area contributed by atoms with Gasteiger partial charge in [0.1, 0.15) is 0 Å². The number of para-hydroxylation sites is 1. The zero-order valence-corrected chi connectivity index (χ0v) is 15.4. The summed E-state index contributed by atoms with van der Waals surface area (Å²) in [5, 5.41) is 0. The van der Waals surface area contributed by atoms with Crippen LogP contribution in [0.25, 0.3) is 0 Å². The average molecular weight is 347 g/mol. The highest BCUT2D eigenvalue weighted by Crippen LogP contribution is 2.38. The van der Waals surface area contributed by atoms with Crippen LogP contribution in [0.3, 0.4) is 0 Å². The summed E-state index contributed by atoms with van der Waals surface area (Å²) in [7, 11) is 3.53. The molecule has 0 radical (unpaired) electrons. The van der Waals surface area contributed by atoms with E-state index in [0.29, 0.717) is 13.1 Å². The molecule has 24 heavy (non-hydrogen) atoms. The van der Waals surface area contributed by atoms with Crippen molar-refractivity contribution >= 4 is 29.4 Å². The van der Waals surface area contributed by atoms with Crippen LogP contribution in [0.1, 0.15) is 19.8 Å². The van der Waals surface area contributed by atoms with Crippen LogP contribution in [-0.4, -0.2) is 60.7 Å². The van der Waals surface area contributed by atoms with Gasteiger partial charge in [-0.25, -0.2) is 4.79 Å². The first kappa shape index (κ1) is 17.1. The lowest BCUT2D eigenvalue weighted by molar-refractivity contribution is -0.124. The summed E-state index contributed by atoms with van der Waals surface area (Å²) in [6.45, 7) is 3.43. The second-order valence-corrected chi connectivity index (χ2v) is 7.84. The van der Waals surface area contributed by atoms with Gasteiger partial charge in [0.15, 0.2) is 0 Å². The van der Waals surface area contributed by atoms with Crippen LogP contribution in [-0.2, 0) is 4.79 Å². The highest BCUT2D eigenvalue weighted by atomic mass is 32.2. The molecule has 2 heterocycles. The van der Waals surface area contributed by atoms with E-state index >= 15 is 0 Å². The van der Waals surface area contributed by atoms with E-state index < -0.39 is 0 Å². The van der Waals surface area contributed by atoms with Gasteiger partial charge in [0, 0.05) is 49.8 Å². The third-order valence-corrected chi connectivity index (χ3v) is 6.09. The number of amides is 3. The number of anilines is 1. The third kappa shape index (κ3) is 3.24. The largest absolute Gasteiger partial charge is 0.331 e. The number of carbonyl (C=O) groups is 2. The number of benzene rings is 1. The van der Waals surface area contributed by atoms with Crippen molar-refractivity contribution in [3.05, 3.63) is 24.3 Å². The highest BCUT2D eigenvalue weighted by molar-refractivity contribution is 7.99. The van der Waals surface area contributed by atoms with Crippen LogP contribution >= 0.6 is 11.8 Å². The Kier molecular flexibility index (Phi) is 5.04. The van der Waals surface area contributed by atoms with Crippen molar-refractivity contribution in [2.45, 2.75) is 30.7 Å². The summed E-state index contributed by atoms with van der Waals surface area (Å²) in [5.41, 5.74) is 1.04. The van der Waals surface area contributed by atoms with Crippen LogP contribution in [0.5, 0.6) is 0 Å². The summed E-state index contributed by atoms with van der Waals surface area (Å²) in [4.78, 5) is 31.8. The van der Waals surface area contributed by atoms with E-state index in [2.05, 4.69) is 13.0 Å². The maximum Gasteiger partial charge on any atom is 0.319 e. The Labute approximate surface area is 148 Å². The van der Waals surface area contributed by atoms with Crippen molar-refractivity contribution in [1.29, 1.82) is 0 Å². The second kappa shape index (κ2) is 7.05. The number of carbonyl (C=O) groups excluding carboxylic acids is 2. The van der Waals surface area contributed by atoms with Crippen LogP contribution in [0.2, 0.25) is 0 Å². The summed E-state index contributed by atoms with van der Waals surface area (Å²) < 4.78 is 0. The molecule has 2 aliphatic rings. The zero-order valence-electron chi connectivity index (χ0n) is 14.6. The monoisotopic (exact) mass is 347 g/mol. The SMILES string of the molecule is C[C@@H]1CSc2ccccc2N1C(=O)C1CCN(C(=O)N(C)C)CC1. The number of hydrogen-bond donors (Lipinski definition) is 0. The fourth-order valence-corrected chi connectivity index (χ4v) is 4.49. The van der Waals surface area contributed by atoms with Gasteiger partial charge in [0.25, 0.3) is 0 Å². The van der Waals surface area contributed by atoms with E-state index in [4.69, 9.17) is 0 Å². The predicted octanol–water partition coefficient (Wildman–Crippen LogP) is 2.91. The molecule has 0 bridgehead atoms. The summed E-state index contributed by atoms with van der Waals surface area (Å²) in [5.74, 6) is 1.16. The van der Waals surface area contributed by atoms with Gasteiger partial charge in [0.2, 0.25) is 5.91 Å². The summed E-state index contributed by atoms with van der Waals surface area (Å²) in [6, 6.07) is 8.39. The molecular weight excluding hydrogens is 322 g/mol. The zero-order chi connectivity index (χ0) is 17.3. The van der Waals surface area contributed by atoms with Crippen molar-refractivity contribution in [3.8, 4) is 0 Å². The van der Waals surface area contributed by atoms with Gasteiger partial charge in [-0.05, 0) is 31.9 Å². The van der Waals surface area contributed by atoms with Crippen LogP contribution < -0.4 is 4.90 Å². The predicted molar refractivity (Wildman–Crippen MR) is 97.5 cm³/mol. The van der Waals surface area contributed by atoms with Crippen molar-refractivity contribution in [2.24, 2.45) is 5.92 Å². The average Bonchev–Trinajstić information content (AvgIpc) is 2.60. The number of fused-ring (bicyclic) bond motifs is 1. The minimum Gasteiger partial charge on any atom is -0.331 e. The standard InChI is InChI=1S/C18H25N3O2S/c1-13-12-24-16-7-5-4-6-15(16)21(13)17(22)14-8-10-20(11-9-14)18(23)19(2)3/h4-7,13-14H,8-12H2,1-3H3/t13-/m1/s1. The molecule has 2 aliphatic heterocycles. The first-order chi connectivity index (χ1) is 11.5. The molecule has 1 atom stereocenters. The topological polar surface area (TPSA) is 43.9 Å². The third-order valence-electron chi connectivity index (χ3n) is 4.78. The van der Waals surface area contributed by atoms with Crippen LogP contribution in [0, 0.1) is 5.92 Å². The quantitative estimate of drug-likeness (QED) is 0.785. The minimum atomic E-state index is 0.00909. The molecule has 1 saturated heterocycles. The van der Waals surface area contributed by atoms with Crippen LogP contribution in [0.15, 0.2) is 29.2 Å². The Bertz CT molecular complexity index is 626. The van der Waals surface area contributed by atoms with Gasteiger partial charge in [-0.15, -0.1) is 11.8 Å². The first-order valence-corrected chi connectivity index (χ1v) is 9.48. The van der Waals surface area contributed by atoms with Gasteiger partial charge in [0.05, 0.1) is 5.69 Å². The molecule has 1 fully saturated rings. The Hall–Kier alpha value is -1.69. The highest BCUT2D eigenvalue weighted by Gasteiger charge is 2.35. The van der Waals surface area contributed by atoms with E-state index in [9.17, 15) is 9.59 Å². The molecule has 3 amide bonds. The van der Waals surface area contributed by atoms with Crippen LogP contribution in [0.4, 0.5) is 10.5 Å². The van der Waals surface area contributed by atoms with Gasteiger partial charge in [-0.3, -0.25) is 4.79 Å². The molecule has 0 aliphatic carbocycles. The lowest BCUT2D eigenvalue weighted by Gasteiger charge is -2.39. The smallest absolute Gasteiger partial charge is 0.319 e.